The Morgan fingerprint density at radius 2 is 2.17 bits per heavy atom. The van der Waals surface area contributed by atoms with Crippen molar-refractivity contribution in [2.75, 3.05) is 31.7 Å². The van der Waals surface area contributed by atoms with Crippen LogP contribution in [0.4, 0.5) is 10.1 Å². The number of nitrogens with zero attached hydrogens (tertiary/aromatic N) is 1. The Labute approximate surface area is 107 Å². The SMILES string of the molecule is CN(CC1(C=O)CCCOC1)c1ccc(F)cc1. The quantitative estimate of drug-likeness (QED) is 0.769. The zero-order valence-electron chi connectivity index (χ0n) is 10.6. The highest BCUT2D eigenvalue weighted by atomic mass is 19.1. The van der Waals surface area contributed by atoms with Crippen LogP contribution < -0.4 is 4.90 Å². The molecule has 1 aromatic rings. The summed E-state index contributed by atoms with van der Waals surface area (Å²) in [7, 11) is 1.91. The van der Waals surface area contributed by atoms with Crippen LogP contribution in [0.5, 0.6) is 0 Å². The third-order valence-electron chi connectivity index (χ3n) is 3.42. The molecule has 98 valence electrons. The van der Waals surface area contributed by atoms with Gasteiger partial charge in [0.05, 0.1) is 12.0 Å². The molecule has 4 heteroatoms. The Kier molecular flexibility index (Phi) is 3.97. The molecule has 1 aromatic carbocycles. The third-order valence-corrected chi connectivity index (χ3v) is 3.42. The topological polar surface area (TPSA) is 29.5 Å². The molecule has 1 fully saturated rings. The molecule has 3 nitrogen and oxygen atoms in total. The Hall–Kier alpha value is -1.42. The summed E-state index contributed by atoms with van der Waals surface area (Å²) >= 11 is 0. The van der Waals surface area contributed by atoms with E-state index in [1.54, 1.807) is 12.1 Å². The van der Waals surface area contributed by atoms with Crippen LogP contribution in [-0.4, -0.2) is 33.1 Å². The number of ether oxygens (including phenoxy) is 1. The smallest absolute Gasteiger partial charge is 0.130 e. The Bertz CT molecular complexity index is 399. The van der Waals surface area contributed by atoms with Gasteiger partial charge in [-0.2, -0.15) is 0 Å². The first-order valence-corrected chi connectivity index (χ1v) is 6.16. The van der Waals surface area contributed by atoms with E-state index >= 15 is 0 Å². The van der Waals surface area contributed by atoms with Crippen molar-refractivity contribution in [1.29, 1.82) is 0 Å². The van der Waals surface area contributed by atoms with Crippen molar-refractivity contribution in [3.63, 3.8) is 0 Å². The fourth-order valence-corrected chi connectivity index (χ4v) is 2.39. The lowest BCUT2D eigenvalue weighted by Gasteiger charge is -2.36. The maximum Gasteiger partial charge on any atom is 0.130 e. The molecular formula is C14H18FNO2. The Morgan fingerprint density at radius 1 is 1.44 bits per heavy atom. The molecule has 0 bridgehead atoms. The third kappa shape index (κ3) is 2.88. The minimum absolute atomic E-state index is 0.252. The number of benzene rings is 1. The van der Waals surface area contributed by atoms with Crippen LogP contribution in [-0.2, 0) is 9.53 Å². The first-order valence-electron chi connectivity index (χ1n) is 6.16. The van der Waals surface area contributed by atoms with E-state index in [2.05, 4.69) is 0 Å². The van der Waals surface area contributed by atoms with Gasteiger partial charge in [-0.3, -0.25) is 0 Å². The van der Waals surface area contributed by atoms with Crippen molar-refractivity contribution in [3.05, 3.63) is 30.1 Å². The Morgan fingerprint density at radius 3 is 2.72 bits per heavy atom. The van der Waals surface area contributed by atoms with Gasteiger partial charge in [0, 0.05) is 25.9 Å². The highest BCUT2D eigenvalue weighted by Crippen LogP contribution is 2.28. The summed E-state index contributed by atoms with van der Waals surface area (Å²) in [6.45, 7) is 1.81. The van der Waals surface area contributed by atoms with Crippen molar-refractivity contribution in [2.24, 2.45) is 5.41 Å². The molecule has 0 radical (unpaired) electrons. The van der Waals surface area contributed by atoms with Gasteiger partial charge in [-0.25, -0.2) is 4.39 Å². The Balaban J connectivity index is 2.07. The fraction of sp³-hybridized carbons (Fsp3) is 0.500. The van der Waals surface area contributed by atoms with Gasteiger partial charge >= 0.3 is 0 Å². The summed E-state index contributed by atoms with van der Waals surface area (Å²) in [6.07, 6.45) is 2.77. The maximum absolute atomic E-state index is 12.9. The van der Waals surface area contributed by atoms with Crippen LogP contribution in [0.2, 0.25) is 0 Å². The zero-order chi connectivity index (χ0) is 13.0. The second-order valence-corrected chi connectivity index (χ2v) is 4.97. The first-order chi connectivity index (χ1) is 8.65. The maximum atomic E-state index is 12.9. The van der Waals surface area contributed by atoms with Crippen molar-refractivity contribution in [1.82, 2.24) is 0 Å². The fourth-order valence-electron chi connectivity index (χ4n) is 2.39. The van der Waals surface area contributed by atoms with Gasteiger partial charge in [0.15, 0.2) is 0 Å². The number of hydrogen-bond acceptors (Lipinski definition) is 3. The number of aldehydes is 1. The molecule has 0 N–H and O–H groups in total. The minimum atomic E-state index is -0.429. The molecule has 1 aliphatic rings. The zero-order valence-corrected chi connectivity index (χ0v) is 10.6. The van der Waals surface area contributed by atoms with Crippen LogP contribution in [0.1, 0.15) is 12.8 Å². The van der Waals surface area contributed by atoms with Gasteiger partial charge in [-0.15, -0.1) is 0 Å². The molecule has 1 aliphatic heterocycles. The lowest BCUT2D eigenvalue weighted by atomic mass is 9.83. The minimum Gasteiger partial charge on any atom is -0.380 e. The van der Waals surface area contributed by atoms with Crippen LogP contribution in [0, 0.1) is 11.2 Å². The summed E-state index contributed by atoms with van der Waals surface area (Å²) in [4.78, 5) is 13.3. The summed E-state index contributed by atoms with van der Waals surface area (Å²) in [5, 5.41) is 0. The van der Waals surface area contributed by atoms with E-state index in [4.69, 9.17) is 4.74 Å². The molecule has 18 heavy (non-hydrogen) atoms. The predicted octanol–water partition coefficient (Wildman–Crippen LogP) is 2.26. The number of anilines is 1. The second kappa shape index (κ2) is 5.48. The lowest BCUT2D eigenvalue weighted by Crippen LogP contribution is -2.43. The van der Waals surface area contributed by atoms with Gasteiger partial charge in [0.1, 0.15) is 12.1 Å². The van der Waals surface area contributed by atoms with Crippen molar-refractivity contribution in [2.45, 2.75) is 12.8 Å². The average Bonchev–Trinajstić information content (AvgIpc) is 2.40. The number of hydrogen-bond donors (Lipinski definition) is 0. The summed E-state index contributed by atoms with van der Waals surface area (Å²) in [6, 6.07) is 6.29. The van der Waals surface area contributed by atoms with Crippen LogP contribution >= 0.6 is 0 Å². The van der Waals surface area contributed by atoms with Gasteiger partial charge < -0.3 is 14.4 Å². The molecular weight excluding hydrogens is 233 g/mol. The van der Waals surface area contributed by atoms with E-state index in [0.717, 1.165) is 31.4 Å². The van der Waals surface area contributed by atoms with Gasteiger partial charge in [0.25, 0.3) is 0 Å². The van der Waals surface area contributed by atoms with Gasteiger partial charge in [-0.05, 0) is 37.1 Å². The average molecular weight is 251 g/mol. The summed E-state index contributed by atoms with van der Waals surface area (Å²) < 4.78 is 18.3. The summed E-state index contributed by atoms with van der Waals surface area (Å²) in [5.41, 5.74) is 0.477. The highest BCUT2D eigenvalue weighted by Gasteiger charge is 2.34. The molecule has 0 aliphatic carbocycles. The number of carbonyl (C=O) groups excluding carboxylic acids is 1. The molecule has 1 heterocycles. The highest BCUT2D eigenvalue weighted by molar-refractivity contribution is 5.62. The van der Waals surface area contributed by atoms with Crippen molar-refractivity contribution < 1.29 is 13.9 Å². The van der Waals surface area contributed by atoms with Crippen molar-refractivity contribution in [3.8, 4) is 0 Å². The van der Waals surface area contributed by atoms with E-state index in [1.807, 2.05) is 11.9 Å². The normalized spacial score (nSPS) is 23.7. The second-order valence-electron chi connectivity index (χ2n) is 4.97. The largest absolute Gasteiger partial charge is 0.380 e. The van der Waals surface area contributed by atoms with Crippen LogP contribution in [0.25, 0.3) is 0 Å². The summed E-state index contributed by atoms with van der Waals surface area (Å²) in [5.74, 6) is -0.252. The van der Waals surface area contributed by atoms with Crippen LogP contribution in [0.15, 0.2) is 24.3 Å². The molecule has 0 saturated carbocycles. The standard InChI is InChI=1S/C14H18FNO2/c1-16(13-5-3-12(15)4-6-13)9-14(10-17)7-2-8-18-11-14/h3-6,10H,2,7-9,11H2,1H3. The van der Waals surface area contributed by atoms with E-state index in [0.29, 0.717) is 13.2 Å². The van der Waals surface area contributed by atoms with E-state index in [-0.39, 0.29) is 5.82 Å². The molecule has 1 atom stereocenters. The van der Waals surface area contributed by atoms with E-state index < -0.39 is 5.41 Å². The number of carbonyl (C=O) groups is 1. The van der Waals surface area contributed by atoms with E-state index in [1.165, 1.54) is 12.1 Å². The molecule has 0 spiro atoms. The molecule has 2 rings (SSSR count). The predicted molar refractivity (Wildman–Crippen MR) is 68.2 cm³/mol. The molecule has 1 saturated heterocycles. The van der Waals surface area contributed by atoms with Crippen LogP contribution in [0.3, 0.4) is 0 Å². The first kappa shape index (κ1) is 13.0. The van der Waals surface area contributed by atoms with Crippen molar-refractivity contribution >= 4 is 12.0 Å². The van der Waals surface area contributed by atoms with Gasteiger partial charge in [-0.1, -0.05) is 0 Å². The van der Waals surface area contributed by atoms with E-state index in [9.17, 15) is 9.18 Å². The molecule has 0 aromatic heterocycles. The number of halogens is 1. The molecule has 1 unspecified atom stereocenters. The van der Waals surface area contributed by atoms with Gasteiger partial charge in [0.2, 0.25) is 0 Å². The number of rotatable bonds is 4. The monoisotopic (exact) mass is 251 g/mol. The molecule has 0 amide bonds. The lowest BCUT2D eigenvalue weighted by molar-refractivity contribution is -0.122.